The smallest absolute Gasteiger partial charge is 0.230 e. The van der Waals surface area contributed by atoms with Crippen LogP contribution in [0.3, 0.4) is 0 Å². The van der Waals surface area contributed by atoms with Gasteiger partial charge in [-0.25, -0.2) is 39.9 Å². The summed E-state index contributed by atoms with van der Waals surface area (Å²) in [5.41, 5.74) is 12.4. The Morgan fingerprint density at radius 2 is 0.576 bits per heavy atom. The number of pyridine rings is 4. The van der Waals surface area contributed by atoms with Crippen molar-refractivity contribution in [2.75, 3.05) is 0 Å². The van der Waals surface area contributed by atoms with Crippen LogP contribution >= 0.6 is 0 Å². The number of fused-ring (bicyclic) bond motifs is 10. The van der Waals surface area contributed by atoms with E-state index in [0.717, 1.165) is 82.3 Å². The molecular weight excluding hydrogens is 1140 g/mol. The molecular formula is C78H88N12O2. The maximum absolute atomic E-state index is 5.53. The predicted molar refractivity (Wildman–Crippen MR) is 387 cm³/mol. The Labute approximate surface area is 543 Å². The summed E-state index contributed by atoms with van der Waals surface area (Å²) >= 11 is 0. The lowest BCUT2D eigenvalue weighted by Gasteiger charge is -1.90. The molecule has 92 heavy (non-hydrogen) atoms. The third-order valence-electron chi connectivity index (χ3n) is 11.5. The van der Waals surface area contributed by atoms with Crippen LogP contribution in [0.25, 0.3) is 88.0 Å². The van der Waals surface area contributed by atoms with Gasteiger partial charge in [-0.3, -0.25) is 19.9 Å². The molecule has 16 aromatic rings. The zero-order valence-corrected chi connectivity index (χ0v) is 55.7. The molecule has 0 unspecified atom stereocenters. The lowest BCUT2D eigenvalue weighted by Crippen LogP contribution is -1.78. The van der Waals surface area contributed by atoms with E-state index in [-0.39, 0.29) is 0 Å². The van der Waals surface area contributed by atoms with Crippen LogP contribution < -0.4 is 0 Å². The van der Waals surface area contributed by atoms with Crippen molar-refractivity contribution in [2.45, 2.75) is 96.9 Å². The maximum atomic E-state index is 5.53. The van der Waals surface area contributed by atoms with Gasteiger partial charge in [0.15, 0.2) is 5.58 Å². The Kier molecular flexibility index (Phi) is 38.3. The number of nitrogens with zero attached hydrogens (tertiary/aromatic N) is 12. The molecule has 0 N–H and O–H groups in total. The molecule has 0 amide bonds. The number of aryl methyl sites for hydroxylation is 2. The second-order valence-corrected chi connectivity index (χ2v) is 17.2. The van der Waals surface area contributed by atoms with Crippen LogP contribution in [0.2, 0.25) is 0 Å². The molecule has 14 heteroatoms. The van der Waals surface area contributed by atoms with E-state index >= 15 is 0 Å². The minimum Gasteiger partial charge on any atom is -0.453 e. The fourth-order valence-electron chi connectivity index (χ4n) is 7.65. The highest BCUT2D eigenvalue weighted by Gasteiger charge is 2.06. The first kappa shape index (κ1) is 75.1. The Hall–Kier alpha value is -11.1. The number of hydrogen-bond acceptors (Lipinski definition) is 14. The standard InChI is InChI=1S/2C10H6N2O.4C8H6N2.2C7H8.6C2H6/c1-2-4-9-7(3-1)8-5-11-6-12-10(8)13-9;1-2-4-8-7(3-1)10-9(13-8)5-11-6-12-10;2*1-3-7-8(9-5-1)4-2-6-10-7;2*1-2-4-8-7(3-1)5-9-6-10-8;2*1-7-5-3-2-4-6-7;6*1-2/h2*1-6H;4*1-6H;2*2-6H,1H3;6*1-2H3. The van der Waals surface area contributed by atoms with Gasteiger partial charge in [0.2, 0.25) is 5.71 Å². The van der Waals surface area contributed by atoms with Crippen molar-refractivity contribution in [2.24, 2.45) is 0 Å². The Bertz CT molecular complexity index is 3660. The quantitative estimate of drug-likeness (QED) is 0.140. The molecule has 16 rings (SSSR count). The van der Waals surface area contributed by atoms with Gasteiger partial charge in [0.05, 0.1) is 44.7 Å². The third-order valence-corrected chi connectivity index (χ3v) is 11.5. The van der Waals surface area contributed by atoms with Gasteiger partial charge in [0.25, 0.3) is 0 Å². The Balaban J connectivity index is 0.000000270. The first-order valence-electron chi connectivity index (χ1n) is 31.3. The summed E-state index contributed by atoms with van der Waals surface area (Å²) in [7, 11) is 0. The van der Waals surface area contributed by atoms with Gasteiger partial charge in [0.1, 0.15) is 42.0 Å². The molecule has 0 aliphatic carbocycles. The highest BCUT2D eigenvalue weighted by atomic mass is 16.3. The molecule has 14 nitrogen and oxygen atoms in total. The van der Waals surface area contributed by atoms with Crippen LogP contribution in [-0.2, 0) is 0 Å². The summed E-state index contributed by atoms with van der Waals surface area (Å²) in [5.74, 6) is 0. The van der Waals surface area contributed by atoms with Crippen LogP contribution in [-0.4, -0.2) is 59.8 Å². The van der Waals surface area contributed by atoms with E-state index in [4.69, 9.17) is 8.83 Å². The Morgan fingerprint density at radius 1 is 0.239 bits per heavy atom. The second-order valence-electron chi connectivity index (χ2n) is 17.2. The van der Waals surface area contributed by atoms with Gasteiger partial charge in [-0.15, -0.1) is 0 Å². The van der Waals surface area contributed by atoms with Crippen LogP contribution in [0.1, 0.15) is 94.2 Å². The topological polar surface area (TPSA) is 181 Å². The zero-order chi connectivity index (χ0) is 66.8. The molecule has 0 spiro atoms. The van der Waals surface area contributed by atoms with E-state index in [1.807, 2.05) is 277 Å². The second kappa shape index (κ2) is 47.0. The van der Waals surface area contributed by atoms with Crippen molar-refractivity contribution in [3.05, 3.63) is 292 Å². The molecule has 0 aliphatic heterocycles. The van der Waals surface area contributed by atoms with Crippen molar-refractivity contribution in [1.29, 1.82) is 0 Å². The first-order valence-corrected chi connectivity index (χ1v) is 31.3. The fraction of sp³-hybridized carbons (Fsp3) is 0.179. The van der Waals surface area contributed by atoms with E-state index in [9.17, 15) is 0 Å². The fourth-order valence-corrected chi connectivity index (χ4v) is 7.65. The van der Waals surface area contributed by atoms with Gasteiger partial charge >= 0.3 is 0 Å². The number of para-hydroxylation sites is 4. The van der Waals surface area contributed by atoms with Gasteiger partial charge < -0.3 is 8.83 Å². The molecule has 10 aromatic heterocycles. The van der Waals surface area contributed by atoms with Crippen molar-refractivity contribution in [3.8, 4) is 0 Å². The summed E-state index contributed by atoms with van der Waals surface area (Å²) in [6.45, 7) is 28.2. The Morgan fingerprint density at radius 3 is 1.00 bits per heavy atom. The predicted octanol–water partition coefficient (Wildman–Crippen LogP) is 21.4. The van der Waals surface area contributed by atoms with E-state index in [1.54, 1.807) is 49.8 Å². The summed E-state index contributed by atoms with van der Waals surface area (Å²) in [6, 6.07) is 67.4. The van der Waals surface area contributed by atoms with Gasteiger partial charge in [-0.2, -0.15) is 0 Å². The van der Waals surface area contributed by atoms with E-state index in [0.29, 0.717) is 5.71 Å². The van der Waals surface area contributed by atoms with Crippen LogP contribution in [0.5, 0.6) is 0 Å². The summed E-state index contributed by atoms with van der Waals surface area (Å²) in [5, 5.41) is 5.26. The van der Waals surface area contributed by atoms with E-state index < -0.39 is 0 Å². The molecule has 0 radical (unpaired) electrons. The van der Waals surface area contributed by atoms with Gasteiger partial charge in [-0.05, 0) is 92.7 Å². The summed E-state index contributed by atoms with van der Waals surface area (Å²) in [6.07, 6.45) is 20.3. The highest BCUT2D eigenvalue weighted by molar-refractivity contribution is 6.03. The lowest BCUT2D eigenvalue weighted by atomic mass is 10.2. The molecule has 472 valence electrons. The molecule has 6 aromatic carbocycles. The van der Waals surface area contributed by atoms with Gasteiger partial charge in [0, 0.05) is 64.9 Å². The summed E-state index contributed by atoms with van der Waals surface area (Å²) < 4.78 is 11.0. The number of furan rings is 2. The SMILES string of the molecule is CC.CC.CC.CC.CC.CC.Cc1ccccc1.Cc1ccccc1.c1ccc2c(c1)oc1cncnc12.c1ccc2c(c1)oc1ncncc12.c1ccc2ncncc2c1.c1ccc2ncncc2c1.c1cnc2cccnc2c1.c1cnc2cccnc2c1. The number of aromatic nitrogens is 12. The molecule has 10 heterocycles. The zero-order valence-electron chi connectivity index (χ0n) is 55.7. The number of rotatable bonds is 0. The third kappa shape index (κ3) is 25.5. The minimum absolute atomic E-state index is 0.649. The monoisotopic (exact) mass is 1220 g/mol. The normalized spacial score (nSPS) is 9.20. The highest BCUT2D eigenvalue weighted by Crippen LogP contribution is 2.26. The number of benzene rings is 6. The average molecular weight is 1230 g/mol. The first-order chi connectivity index (χ1) is 45.6. The van der Waals surface area contributed by atoms with Crippen molar-refractivity contribution >= 4 is 88.0 Å². The van der Waals surface area contributed by atoms with E-state index in [1.165, 1.54) is 23.8 Å². The largest absolute Gasteiger partial charge is 0.453 e. The molecule has 0 fully saturated rings. The van der Waals surface area contributed by atoms with Crippen LogP contribution in [0.15, 0.2) is 290 Å². The van der Waals surface area contributed by atoms with Crippen molar-refractivity contribution in [1.82, 2.24) is 59.8 Å². The minimum atomic E-state index is 0.649. The van der Waals surface area contributed by atoms with E-state index in [2.05, 4.69) is 97.9 Å². The molecule has 0 aliphatic rings. The van der Waals surface area contributed by atoms with Gasteiger partial charge in [-0.1, -0.05) is 222 Å². The molecule has 0 saturated carbocycles. The van der Waals surface area contributed by atoms with Crippen LogP contribution in [0, 0.1) is 13.8 Å². The van der Waals surface area contributed by atoms with Crippen molar-refractivity contribution < 1.29 is 8.83 Å². The molecule has 0 bridgehead atoms. The van der Waals surface area contributed by atoms with Crippen LogP contribution in [0.4, 0.5) is 0 Å². The maximum Gasteiger partial charge on any atom is 0.230 e. The molecule has 0 saturated heterocycles. The average Bonchev–Trinajstić information content (AvgIpc) is 1.73. The number of hydrogen-bond donors (Lipinski definition) is 0. The summed E-state index contributed by atoms with van der Waals surface area (Å²) in [4.78, 5) is 48.5. The molecule has 0 atom stereocenters. The lowest BCUT2D eigenvalue weighted by molar-refractivity contribution is 0.653. The van der Waals surface area contributed by atoms with Crippen molar-refractivity contribution in [3.63, 3.8) is 0 Å².